The highest BCUT2D eigenvalue weighted by Crippen LogP contribution is 2.17. The van der Waals surface area contributed by atoms with Crippen LogP contribution in [-0.4, -0.2) is 54.3 Å². The van der Waals surface area contributed by atoms with Crippen molar-refractivity contribution in [3.05, 3.63) is 30.1 Å². The SMILES string of the molecule is O=C(O)CCN(C(=O)CCOc1ccc(F)cc1)C1CCOCC1. The number of rotatable bonds is 8. The van der Waals surface area contributed by atoms with Crippen LogP contribution in [0.25, 0.3) is 0 Å². The van der Waals surface area contributed by atoms with Crippen molar-refractivity contribution < 1.29 is 28.6 Å². The number of amides is 1. The molecule has 24 heavy (non-hydrogen) atoms. The minimum Gasteiger partial charge on any atom is -0.493 e. The van der Waals surface area contributed by atoms with Gasteiger partial charge in [-0.1, -0.05) is 0 Å². The van der Waals surface area contributed by atoms with Crippen LogP contribution in [0.4, 0.5) is 4.39 Å². The summed E-state index contributed by atoms with van der Waals surface area (Å²) in [4.78, 5) is 24.9. The molecule has 1 fully saturated rings. The Kier molecular flexibility index (Phi) is 6.99. The third-order valence-corrected chi connectivity index (χ3v) is 3.92. The van der Waals surface area contributed by atoms with E-state index in [1.807, 2.05) is 0 Å². The van der Waals surface area contributed by atoms with Crippen LogP contribution in [0.15, 0.2) is 24.3 Å². The summed E-state index contributed by atoms with van der Waals surface area (Å²) in [6, 6.07) is 5.59. The number of hydrogen-bond donors (Lipinski definition) is 1. The number of carboxylic acids is 1. The Morgan fingerprint density at radius 3 is 2.50 bits per heavy atom. The molecule has 0 aliphatic carbocycles. The van der Waals surface area contributed by atoms with Crippen molar-refractivity contribution in [3.63, 3.8) is 0 Å². The molecular formula is C17H22FNO5. The van der Waals surface area contributed by atoms with Crippen molar-refractivity contribution in [2.75, 3.05) is 26.4 Å². The average molecular weight is 339 g/mol. The molecule has 1 saturated heterocycles. The summed E-state index contributed by atoms with van der Waals surface area (Å²) in [5, 5.41) is 8.87. The molecule has 0 spiro atoms. The standard InChI is InChI=1S/C17H22FNO5/c18-13-1-3-15(4-2-13)24-12-8-16(20)19(9-5-17(21)22)14-6-10-23-11-7-14/h1-4,14H,5-12H2,(H,21,22). The van der Waals surface area contributed by atoms with Gasteiger partial charge in [-0.3, -0.25) is 9.59 Å². The van der Waals surface area contributed by atoms with Gasteiger partial charge in [-0.05, 0) is 37.1 Å². The monoisotopic (exact) mass is 339 g/mol. The summed E-state index contributed by atoms with van der Waals surface area (Å²) in [7, 11) is 0. The minimum absolute atomic E-state index is 0.0106. The molecule has 1 amide bonds. The Labute approximate surface area is 140 Å². The lowest BCUT2D eigenvalue weighted by Crippen LogP contribution is -2.44. The summed E-state index contributed by atoms with van der Waals surface area (Å²) in [6.07, 6.45) is 1.49. The lowest BCUT2D eigenvalue weighted by Gasteiger charge is -2.34. The Bertz CT molecular complexity index is 542. The Morgan fingerprint density at radius 1 is 1.21 bits per heavy atom. The van der Waals surface area contributed by atoms with Crippen LogP contribution in [0, 0.1) is 5.82 Å². The van der Waals surface area contributed by atoms with Gasteiger partial charge >= 0.3 is 5.97 Å². The normalized spacial score (nSPS) is 15.0. The lowest BCUT2D eigenvalue weighted by atomic mass is 10.1. The predicted octanol–water partition coefficient (Wildman–Crippen LogP) is 2.08. The van der Waals surface area contributed by atoms with Crippen molar-refractivity contribution in [1.82, 2.24) is 4.90 Å². The minimum atomic E-state index is -0.928. The first-order valence-corrected chi connectivity index (χ1v) is 8.03. The molecule has 1 N–H and O–H groups in total. The van der Waals surface area contributed by atoms with E-state index in [9.17, 15) is 14.0 Å². The summed E-state index contributed by atoms with van der Waals surface area (Å²) < 4.78 is 23.6. The van der Waals surface area contributed by atoms with Crippen LogP contribution in [0.1, 0.15) is 25.7 Å². The van der Waals surface area contributed by atoms with Gasteiger partial charge in [0.1, 0.15) is 11.6 Å². The van der Waals surface area contributed by atoms with Gasteiger partial charge in [0.15, 0.2) is 0 Å². The molecule has 0 atom stereocenters. The number of carboxylic acid groups (broad SMARTS) is 1. The number of aliphatic carboxylic acids is 1. The van der Waals surface area contributed by atoms with E-state index in [0.29, 0.717) is 31.8 Å². The van der Waals surface area contributed by atoms with Gasteiger partial charge in [-0.2, -0.15) is 0 Å². The molecule has 7 heteroatoms. The Morgan fingerprint density at radius 2 is 1.88 bits per heavy atom. The quantitative estimate of drug-likeness (QED) is 0.785. The zero-order valence-corrected chi connectivity index (χ0v) is 13.4. The van der Waals surface area contributed by atoms with Gasteiger partial charge in [0, 0.05) is 25.8 Å². The fraction of sp³-hybridized carbons (Fsp3) is 0.529. The number of ether oxygens (including phenoxy) is 2. The van der Waals surface area contributed by atoms with E-state index < -0.39 is 5.97 Å². The molecular weight excluding hydrogens is 317 g/mol. The highest BCUT2D eigenvalue weighted by Gasteiger charge is 2.25. The molecule has 132 valence electrons. The molecule has 6 nitrogen and oxygen atoms in total. The molecule has 1 aromatic carbocycles. The topological polar surface area (TPSA) is 76.1 Å². The summed E-state index contributed by atoms with van der Waals surface area (Å²) in [5.41, 5.74) is 0. The van der Waals surface area contributed by atoms with E-state index in [1.54, 1.807) is 4.90 Å². The van der Waals surface area contributed by atoms with Gasteiger partial charge in [-0.25, -0.2) is 4.39 Å². The van der Waals surface area contributed by atoms with Crippen LogP contribution in [0.2, 0.25) is 0 Å². The summed E-state index contributed by atoms with van der Waals surface area (Å²) >= 11 is 0. The van der Waals surface area contributed by atoms with Crippen molar-refractivity contribution in [1.29, 1.82) is 0 Å². The van der Waals surface area contributed by atoms with E-state index >= 15 is 0 Å². The number of hydrogen-bond acceptors (Lipinski definition) is 4. The molecule has 1 aliphatic heterocycles. The van der Waals surface area contributed by atoms with E-state index in [4.69, 9.17) is 14.6 Å². The van der Waals surface area contributed by atoms with Gasteiger partial charge in [0.05, 0.1) is 19.4 Å². The number of carbonyl (C=O) groups is 2. The van der Waals surface area contributed by atoms with Crippen LogP contribution in [0.3, 0.4) is 0 Å². The third-order valence-electron chi connectivity index (χ3n) is 3.92. The van der Waals surface area contributed by atoms with Gasteiger partial charge in [-0.15, -0.1) is 0 Å². The fourth-order valence-electron chi connectivity index (χ4n) is 2.65. The molecule has 0 saturated carbocycles. The largest absolute Gasteiger partial charge is 0.493 e. The van der Waals surface area contributed by atoms with Crippen molar-refractivity contribution >= 4 is 11.9 Å². The van der Waals surface area contributed by atoms with Gasteiger partial charge in [0.25, 0.3) is 0 Å². The van der Waals surface area contributed by atoms with E-state index in [2.05, 4.69) is 0 Å². The number of carbonyl (C=O) groups excluding carboxylic acids is 1. The van der Waals surface area contributed by atoms with Crippen molar-refractivity contribution in [3.8, 4) is 5.75 Å². The van der Waals surface area contributed by atoms with Crippen molar-refractivity contribution in [2.45, 2.75) is 31.7 Å². The first-order chi connectivity index (χ1) is 11.6. The molecule has 1 aromatic rings. The molecule has 0 bridgehead atoms. The van der Waals surface area contributed by atoms with E-state index in [1.165, 1.54) is 24.3 Å². The second-order valence-corrected chi connectivity index (χ2v) is 5.63. The van der Waals surface area contributed by atoms with E-state index in [0.717, 1.165) is 0 Å². The molecule has 0 aromatic heterocycles. The second-order valence-electron chi connectivity index (χ2n) is 5.63. The van der Waals surface area contributed by atoms with Gasteiger partial charge in [0.2, 0.25) is 5.91 Å². The molecule has 0 radical (unpaired) electrons. The van der Waals surface area contributed by atoms with Crippen LogP contribution >= 0.6 is 0 Å². The molecule has 1 aliphatic rings. The molecule has 2 rings (SSSR count). The smallest absolute Gasteiger partial charge is 0.305 e. The maximum absolute atomic E-state index is 12.8. The second kappa shape index (κ2) is 9.22. The highest BCUT2D eigenvalue weighted by molar-refractivity contribution is 5.77. The lowest BCUT2D eigenvalue weighted by molar-refractivity contribution is -0.140. The molecule has 1 heterocycles. The summed E-state index contributed by atoms with van der Waals surface area (Å²) in [5.74, 6) is -0.919. The van der Waals surface area contributed by atoms with Gasteiger partial charge < -0.3 is 19.5 Å². The van der Waals surface area contributed by atoms with E-state index in [-0.39, 0.29) is 43.8 Å². The summed E-state index contributed by atoms with van der Waals surface area (Å²) in [6.45, 7) is 1.51. The first kappa shape index (κ1) is 18.2. The number of nitrogens with zero attached hydrogens (tertiary/aromatic N) is 1. The number of halogens is 1. The fourth-order valence-corrected chi connectivity index (χ4v) is 2.65. The van der Waals surface area contributed by atoms with Crippen molar-refractivity contribution in [2.24, 2.45) is 0 Å². The zero-order chi connectivity index (χ0) is 17.4. The first-order valence-electron chi connectivity index (χ1n) is 8.03. The maximum atomic E-state index is 12.8. The van der Waals surface area contributed by atoms with Crippen LogP contribution in [0.5, 0.6) is 5.75 Å². The predicted molar refractivity (Wildman–Crippen MR) is 84.3 cm³/mol. The third kappa shape index (κ3) is 5.81. The number of benzene rings is 1. The Balaban J connectivity index is 1.85. The molecule has 0 unspecified atom stereocenters. The zero-order valence-electron chi connectivity index (χ0n) is 13.4. The Hall–Kier alpha value is -2.15. The van der Waals surface area contributed by atoms with Crippen LogP contribution in [-0.2, 0) is 14.3 Å². The highest BCUT2D eigenvalue weighted by atomic mass is 19.1. The van der Waals surface area contributed by atoms with Crippen LogP contribution < -0.4 is 4.74 Å². The maximum Gasteiger partial charge on any atom is 0.305 e. The average Bonchev–Trinajstić information content (AvgIpc) is 2.57.